The molecule has 1 aromatic heterocycles. The van der Waals surface area contributed by atoms with E-state index in [1.807, 2.05) is 0 Å². The number of likely N-dealkylation sites (N-methyl/N-ethyl adjacent to an activating group) is 1. The molecule has 0 unspecified atom stereocenters. The predicted molar refractivity (Wildman–Crippen MR) is 74.7 cm³/mol. The molecule has 0 radical (unpaired) electrons. The van der Waals surface area contributed by atoms with E-state index in [4.69, 9.17) is 4.74 Å². The number of halogens is 1. The fraction of sp³-hybridized carbons (Fsp3) is 0.429. The molecule has 0 spiro atoms. The van der Waals surface area contributed by atoms with E-state index in [0.29, 0.717) is 0 Å². The topological polar surface area (TPSA) is 17.4 Å². The molecule has 0 fully saturated rings. The lowest BCUT2D eigenvalue weighted by Crippen LogP contribution is -2.28. The molecule has 0 atom stereocenters. The van der Waals surface area contributed by atoms with Gasteiger partial charge in [-0.25, -0.2) is 0 Å². The maximum atomic E-state index is 5.77. The van der Waals surface area contributed by atoms with Gasteiger partial charge in [-0.1, -0.05) is 12.1 Å². The first-order chi connectivity index (χ1) is 8.34. The molecule has 2 aliphatic heterocycles. The Morgan fingerprint density at radius 3 is 3.00 bits per heavy atom. The number of benzene rings is 1. The first-order valence-corrected chi connectivity index (χ1v) is 6.29. The molecule has 4 heteroatoms. The smallest absolute Gasteiger partial charge is 0.143 e. The van der Waals surface area contributed by atoms with Gasteiger partial charge in [-0.2, -0.15) is 0 Å². The van der Waals surface area contributed by atoms with Crippen molar-refractivity contribution in [1.29, 1.82) is 0 Å². The van der Waals surface area contributed by atoms with Crippen LogP contribution in [0.4, 0.5) is 0 Å². The van der Waals surface area contributed by atoms with Crippen LogP contribution in [-0.2, 0) is 19.5 Å². The number of hydrogen-bond donors (Lipinski definition) is 0. The van der Waals surface area contributed by atoms with Gasteiger partial charge in [0, 0.05) is 30.6 Å². The Balaban J connectivity index is 0.000001000. The summed E-state index contributed by atoms with van der Waals surface area (Å²) in [6, 6.07) is 6.44. The second-order valence-corrected chi connectivity index (χ2v) is 5.07. The summed E-state index contributed by atoms with van der Waals surface area (Å²) in [6.07, 6.45) is 1.17. The van der Waals surface area contributed by atoms with Crippen molar-refractivity contribution >= 4 is 23.3 Å². The van der Waals surface area contributed by atoms with E-state index in [2.05, 4.69) is 34.7 Å². The normalized spacial score (nSPS) is 18.1. The molecule has 4 rings (SSSR count). The second-order valence-electron chi connectivity index (χ2n) is 5.07. The molecule has 0 amide bonds. The lowest BCUT2D eigenvalue weighted by molar-refractivity contribution is 0.276. The van der Waals surface area contributed by atoms with E-state index in [1.165, 1.54) is 35.1 Å². The molecular formula is C14H17ClN2O. The molecule has 18 heavy (non-hydrogen) atoms. The summed E-state index contributed by atoms with van der Waals surface area (Å²) in [5.74, 6) is 1.06. The fourth-order valence-corrected chi connectivity index (χ4v) is 3.22. The van der Waals surface area contributed by atoms with Gasteiger partial charge in [0.25, 0.3) is 0 Å². The van der Waals surface area contributed by atoms with Gasteiger partial charge < -0.3 is 14.2 Å². The molecule has 2 aliphatic rings. The molecule has 96 valence electrons. The van der Waals surface area contributed by atoms with Crippen molar-refractivity contribution in [2.24, 2.45) is 0 Å². The van der Waals surface area contributed by atoms with Gasteiger partial charge in [-0.15, -0.1) is 12.4 Å². The molecule has 0 saturated carbocycles. The summed E-state index contributed by atoms with van der Waals surface area (Å²) in [4.78, 5) is 2.40. The predicted octanol–water partition coefficient (Wildman–Crippen LogP) is 2.44. The number of para-hydroxylation sites is 1. The van der Waals surface area contributed by atoms with Crippen molar-refractivity contribution in [3.8, 4) is 5.75 Å². The molecule has 3 heterocycles. The Labute approximate surface area is 113 Å². The number of nitrogens with zero attached hydrogens (tertiary/aromatic N) is 2. The standard InChI is InChI=1S/C14H16N2O.ClH/c1-15-6-5-12-11(9-15)10-3-2-4-13-14(10)16(12)7-8-17-13;/h2-4H,5-9H2,1H3;1H. The monoisotopic (exact) mass is 264 g/mol. The third-order valence-corrected chi connectivity index (χ3v) is 4.00. The lowest BCUT2D eigenvalue weighted by atomic mass is 10.1. The average Bonchev–Trinajstić information content (AvgIpc) is 2.67. The summed E-state index contributed by atoms with van der Waals surface area (Å²) in [7, 11) is 2.20. The Bertz CT molecular complexity index is 605. The van der Waals surface area contributed by atoms with Crippen LogP contribution in [0.3, 0.4) is 0 Å². The Morgan fingerprint density at radius 2 is 2.11 bits per heavy atom. The van der Waals surface area contributed by atoms with Crippen molar-refractivity contribution in [2.75, 3.05) is 20.2 Å². The van der Waals surface area contributed by atoms with Crippen LogP contribution in [0.2, 0.25) is 0 Å². The van der Waals surface area contributed by atoms with Crippen LogP contribution in [0.15, 0.2) is 18.2 Å². The SMILES string of the molecule is CN1CCc2c(c3cccc4c3n2CCO4)C1.Cl. The number of hydrogen-bond acceptors (Lipinski definition) is 2. The van der Waals surface area contributed by atoms with Crippen molar-refractivity contribution in [3.05, 3.63) is 29.5 Å². The zero-order chi connectivity index (χ0) is 11.4. The Hall–Kier alpha value is -1.19. The molecule has 0 aliphatic carbocycles. The minimum atomic E-state index is 0. The largest absolute Gasteiger partial charge is 0.490 e. The number of fused-ring (bicyclic) bond motifs is 3. The highest BCUT2D eigenvalue weighted by molar-refractivity contribution is 5.91. The van der Waals surface area contributed by atoms with Gasteiger partial charge in [0.05, 0.1) is 12.1 Å². The first kappa shape index (κ1) is 11.9. The van der Waals surface area contributed by atoms with E-state index in [9.17, 15) is 0 Å². The van der Waals surface area contributed by atoms with Gasteiger partial charge in [0.15, 0.2) is 0 Å². The molecule has 1 aromatic carbocycles. The highest BCUT2D eigenvalue weighted by Gasteiger charge is 2.25. The van der Waals surface area contributed by atoms with Crippen LogP contribution in [0.1, 0.15) is 11.3 Å². The minimum Gasteiger partial charge on any atom is -0.490 e. The summed E-state index contributed by atoms with van der Waals surface area (Å²) in [5.41, 5.74) is 4.37. The fourth-order valence-electron chi connectivity index (χ4n) is 3.22. The lowest BCUT2D eigenvalue weighted by Gasteiger charge is -2.25. The number of aromatic nitrogens is 1. The van der Waals surface area contributed by atoms with Crippen LogP contribution >= 0.6 is 12.4 Å². The molecule has 2 aromatic rings. The Morgan fingerprint density at radius 1 is 1.22 bits per heavy atom. The van der Waals surface area contributed by atoms with E-state index in [-0.39, 0.29) is 12.4 Å². The van der Waals surface area contributed by atoms with E-state index < -0.39 is 0 Å². The number of rotatable bonds is 0. The van der Waals surface area contributed by atoms with E-state index >= 15 is 0 Å². The van der Waals surface area contributed by atoms with Gasteiger partial charge in [-0.05, 0) is 18.7 Å². The molecule has 0 saturated heterocycles. The second kappa shape index (κ2) is 4.18. The van der Waals surface area contributed by atoms with Crippen molar-refractivity contribution in [3.63, 3.8) is 0 Å². The highest BCUT2D eigenvalue weighted by Crippen LogP contribution is 2.37. The van der Waals surface area contributed by atoms with Crippen molar-refractivity contribution in [1.82, 2.24) is 9.47 Å². The van der Waals surface area contributed by atoms with Gasteiger partial charge in [0.2, 0.25) is 0 Å². The van der Waals surface area contributed by atoms with Gasteiger partial charge >= 0.3 is 0 Å². The molecule has 3 nitrogen and oxygen atoms in total. The van der Waals surface area contributed by atoms with Crippen LogP contribution in [0.5, 0.6) is 5.75 Å². The van der Waals surface area contributed by atoms with Crippen molar-refractivity contribution < 1.29 is 4.74 Å². The van der Waals surface area contributed by atoms with Crippen molar-refractivity contribution in [2.45, 2.75) is 19.5 Å². The van der Waals surface area contributed by atoms with Gasteiger partial charge in [0.1, 0.15) is 12.4 Å². The van der Waals surface area contributed by atoms with Crippen LogP contribution in [0, 0.1) is 0 Å². The molecule has 0 N–H and O–H groups in total. The zero-order valence-corrected chi connectivity index (χ0v) is 11.3. The van der Waals surface area contributed by atoms with Crippen LogP contribution in [-0.4, -0.2) is 29.7 Å². The van der Waals surface area contributed by atoms with E-state index in [1.54, 1.807) is 0 Å². The average molecular weight is 265 g/mol. The van der Waals surface area contributed by atoms with Crippen LogP contribution in [0.25, 0.3) is 10.9 Å². The third kappa shape index (κ3) is 1.47. The summed E-state index contributed by atoms with van der Waals surface area (Å²) < 4.78 is 8.25. The minimum absolute atomic E-state index is 0. The highest BCUT2D eigenvalue weighted by atomic mass is 35.5. The first-order valence-electron chi connectivity index (χ1n) is 6.29. The Kier molecular flexibility index (Phi) is 2.76. The third-order valence-electron chi connectivity index (χ3n) is 4.00. The maximum absolute atomic E-state index is 5.77. The van der Waals surface area contributed by atoms with Gasteiger partial charge in [-0.3, -0.25) is 0 Å². The molecule has 0 bridgehead atoms. The van der Waals surface area contributed by atoms with Crippen LogP contribution < -0.4 is 4.74 Å². The molecular weight excluding hydrogens is 248 g/mol. The number of ether oxygens (including phenoxy) is 1. The zero-order valence-electron chi connectivity index (χ0n) is 10.5. The maximum Gasteiger partial charge on any atom is 0.143 e. The summed E-state index contributed by atoms with van der Waals surface area (Å²) in [5, 5.41) is 1.39. The summed E-state index contributed by atoms with van der Waals surface area (Å²) in [6.45, 7) is 4.05. The quantitative estimate of drug-likeness (QED) is 0.727. The van der Waals surface area contributed by atoms with E-state index in [0.717, 1.165) is 25.4 Å². The summed E-state index contributed by atoms with van der Waals surface area (Å²) >= 11 is 0.